The van der Waals surface area contributed by atoms with Crippen molar-refractivity contribution in [3.63, 3.8) is 0 Å². The number of hydrogen-bond donors (Lipinski definition) is 1. The number of methoxy groups -OCH3 is 1. The number of halogens is 1. The molecule has 0 unspecified atom stereocenters. The second-order valence-electron chi connectivity index (χ2n) is 6.74. The van der Waals surface area contributed by atoms with E-state index in [-0.39, 0.29) is 22.0 Å². The molecule has 0 saturated carbocycles. The molecule has 0 radical (unpaired) electrons. The maximum atomic E-state index is 12.7. The molecule has 156 valence electrons. The van der Waals surface area contributed by atoms with Crippen LogP contribution in [0.25, 0.3) is 16.7 Å². The molecule has 10 heteroatoms. The molecule has 0 atom stereocenters. The molecule has 9 nitrogen and oxygen atoms in total. The summed E-state index contributed by atoms with van der Waals surface area (Å²) in [6.45, 7) is 1.99. The highest BCUT2D eigenvalue weighted by Gasteiger charge is 2.19. The first-order valence-electron chi connectivity index (χ1n) is 9.13. The molecule has 0 fully saturated rings. The van der Waals surface area contributed by atoms with Gasteiger partial charge < -0.3 is 10.1 Å². The summed E-state index contributed by atoms with van der Waals surface area (Å²) in [4.78, 5) is 24.7. The van der Waals surface area contributed by atoms with E-state index in [0.29, 0.717) is 16.7 Å². The van der Waals surface area contributed by atoms with Crippen LogP contribution in [0.1, 0.15) is 15.9 Å². The van der Waals surface area contributed by atoms with Crippen LogP contribution in [0.5, 0.6) is 5.75 Å². The first-order valence-corrected chi connectivity index (χ1v) is 9.51. The van der Waals surface area contributed by atoms with Gasteiger partial charge >= 0.3 is 5.69 Å². The van der Waals surface area contributed by atoms with E-state index in [9.17, 15) is 14.9 Å². The molecule has 0 aliphatic carbocycles. The highest BCUT2D eigenvalue weighted by molar-refractivity contribution is 6.34. The van der Waals surface area contributed by atoms with Gasteiger partial charge in [-0.05, 0) is 43.3 Å². The molecule has 0 spiro atoms. The van der Waals surface area contributed by atoms with Crippen molar-refractivity contribution in [2.24, 2.45) is 0 Å². The molecule has 1 heterocycles. The molecule has 31 heavy (non-hydrogen) atoms. The third-order valence-electron chi connectivity index (χ3n) is 4.62. The highest BCUT2D eigenvalue weighted by atomic mass is 35.5. The Bertz CT molecular complexity index is 1320. The van der Waals surface area contributed by atoms with Gasteiger partial charge in [-0.2, -0.15) is 4.80 Å². The smallest absolute Gasteiger partial charge is 0.311 e. The highest BCUT2D eigenvalue weighted by Crippen LogP contribution is 2.30. The number of aryl methyl sites for hydroxylation is 1. The molecule has 0 saturated heterocycles. The van der Waals surface area contributed by atoms with Gasteiger partial charge in [0.05, 0.1) is 28.4 Å². The molecule has 1 aromatic heterocycles. The number of ether oxygens (including phenoxy) is 1. The fourth-order valence-corrected chi connectivity index (χ4v) is 3.20. The Morgan fingerprint density at radius 3 is 2.42 bits per heavy atom. The van der Waals surface area contributed by atoms with Crippen LogP contribution in [0.4, 0.5) is 11.4 Å². The van der Waals surface area contributed by atoms with E-state index in [1.165, 1.54) is 24.0 Å². The Labute approximate surface area is 181 Å². The lowest BCUT2D eigenvalue weighted by atomic mass is 10.1. The summed E-state index contributed by atoms with van der Waals surface area (Å²) >= 11 is 6.32. The number of nitrogens with zero attached hydrogens (tertiary/aromatic N) is 4. The van der Waals surface area contributed by atoms with Gasteiger partial charge in [0, 0.05) is 11.6 Å². The first-order chi connectivity index (χ1) is 14.9. The van der Waals surface area contributed by atoms with Crippen molar-refractivity contribution in [1.82, 2.24) is 15.0 Å². The van der Waals surface area contributed by atoms with Crippen LogP contribution in [-0.4, -0.2) is 32.9 Å². The summed E-state index contributed by atoms with van der Waals surface area (Å²) in [5.41, 5.74) is 3.09. The maximum absolute atomic E-state index is 12.7. The summed E-state index contributed by atoms with van der Waals surface area (Å²) in [5.74, 6) is -0.494. The third-order valence-corrected chi connectivity index (χ3v) is 4.93. The number of anilines is 1. The Morgan fingerprint density at radius 2 is 1.77 bits per heavy atom. The average molecular weight is 438 g/mol. The van der Waals surface area contributed by atoms with Gasteiger partial charge in [-0.25, -0.2) is 0 Å². The van der Waals surface area contributed by atoms with Crippen LogP contribution in [0, 0.1) is 17.0 Å². The van der Waals surface area contributed by atoms with Crippen LogP contribution in [0.2, 0.25) is 5.02 Å². The molecule has 0 bridgehead atoms. The molecule has 1 N–H and O–H groups in total. The minimum absolute atomic E-state index is 0.0636. The van der Waals surface area contributed by atoms with Crippen molar-refractivity contribution in [3.8, 4) is 11.4 Å². The lowest BCUT2D eigenvalue weighted by Crippen LogP contribution is -2.12. The number of nitro groups is 1. The van der Waals surface area contributed by atoms with Gasteiger partial charge in [0.1, 0.15) is 11.0 Å². The molecule has 0 aliphatic rings. The van der Waals surface area contributed by atoms with Crippen molar-refractivity contribution in [2.75, 3.05) is 12.4 Å². The number of carbonyl (C=O) groups is 1. The topological polar surface area (TPSA) is 112 Å². The van der Waals surface area contributed by atoms with Crippen molar-refractivity contribution in [3.05, 3.63) is 80.9 Å². The number of fused-ring (bicyclic) bond motifs is 1. The number of nitrogens with one attached hydrogen (secondary N) is 1. The summed E-state index contributed by atoms with van der Waals surface area (Å²) in [5, 5.41) is 23.0. The van der Waals surface area contributed by atoms with Gasteiger partial charge in [-0.1, -0.05) is 29.3 Å². The standard InChI is InChI=1S/C21H16ClN5O4/c1-12-3-6-14(7-4-12)26-24-17-10-15(22)16(11-18(17)25-26)23-21(28)13-5-8-20(31-2)19(9-13)27(29)30/h3-11H,1-2H3,(H,23,28). The SMILES string of the molecule is COc1ccc(C(=O)Nc2cc3nn(-c4ccc(C)cc4)nc3cc2Cl)cc1[N+](=O)[O-]. The lowest BCUT2D eigenvalue weighted by molar-refractivity contribution is -0.385. The molecule has 1 amide bonds. The van der Waals surface area contributed by atoms with Crippen molar-refractivity contribution >= 4 is 39.9 Å². The number of rotatable bonds is 5. The van der Waals surface area contributed by atoms with E-state index in [2.05, 4.69) is 15.5 Å². The summed E-state index contributed by atoms with van der Waals surface area (Å²) in [6, 6.07) is 14.8. The van der Waals surface area contributed by atoms with Gasteiger partial charge in [0.25, 0.3) is 5.91 Å². The Balaban J connectivity index is 1.64. The van der Waals surface area contributed by atoms with Gasteiger partial charge in [0.2, 0.25) is 0 Å². The Hall–Kier alpha value is -3.98. The van der Waals surface area contributed by atoms with E-state index in [0.717, 1.165) is 17.3 Å². The molecule has 4 aromatic rings. The summed E-state index contributed by atoms with van der Waals surface area (Å²) in [6.07, 6.45) is 0. The Kier molecular flexibility index (Phi) is 5.26. The average Bonchev–Trinajstić information content (AvgIpc) is 3.16. The van der Waals surface area contributed by atoms with Crippen LogP contribution < -0.4 is 10.1 Å². The van der Waals surface area contributed by atoms with Crippen LogP contribution in [0.3, 0.4) is 0 Å². The van der Waals surface area contributed by atoms with E-state index in [1.54, 1.807) is 12.1 Å². The predicted octanol–water partition coefficient (Wildman–Crippen LogP) is 4.55. The zero-order valence-corrected chi connectivity index (χ0v) is 17.3. The van der Waals surface area contributed by atoms with Gasteiger partial charge in [0.15, 0.2) is 5.75 Å². The molecule has 4 rings (SSSR count). The van der Waals surface area contributed by atoms with Gasteiger partial charge in [-0.15, -0.1) is 10.2 Å². The molecular weight excluding hydrogens is 422 g/mol. The number of aromatic nitrogens is 3. The number of hydrogen-bond acceptors (Lipinski definition) is 6. The minimum Gasteiger partial charge on any atom is -0.490 e. The van der Waals surface area contributed by atoms with Crippen LogP contribution >= 0.6 is 11.6 Å². The van der Waals surface area contributed by atoms with Crippen molar-refractivity contribution in [2.45, 2.75) is 6.92 Å². The molecule has 0 aliphatic heterocycles. The van der Waals surface area contributed by atoms with Crippen LogP contribution in [0.15, 0.2) is 54.6 Å². The fraction of sp³-hybridized carbons (Fsp3) is 0.0952. The Morgan fingerprint density at radius 1 is 1.10 bits per heavy atom. The van der Waals surface area contributed by atoms with Crippen molar-refractivity contribution in [1.29, 1.82) is 0 Å². The van der Waals surface area contributed by atoms with Crippen molar-refractivity contribution < 1.29 is 14.5 Å². The number of carbonyl (C=O) groups excluding carboxylic acids is 1. The second kappa shape index (κ2) is 8.04. The largest absolute Gasteiger partial charge is 0.490 e. The van der Waals surface area contributed by atoms with Crippen LogP contribution in [-0.2, 0) is 0 Å². The summed E-state index contributed by atoms with van der Waals surface area (Å²) < 4.78 is 4.96. The summed E-state index contributed by atoms with van der Waals surface area (Å²) in [7, 11) is 1.32. The zero-order valence-electron chi connectivity index (χ0n) is 16.5. The van der Waals surface area contributed by atoms with E-state index in [4.69, 9.17) is 16.3 Å². The monoisotopic (exact) mass is 437 g/mol. The second-order valence-corrected chi connectivity index (χ2v) is 7.15. The van der Waals surface area contributed by atoms with Gasteiger partial charge in [-0.3, -0.25) is 14.9 Å². The number of benzene rings is 3. The third kappa shape index (κ3) is 4.03. The minimum atomic E-state index is -0.613. The van der Waals surface area contributed by atoms with E-state index in [1.807, 2.05) is 31.2 Å². The zero-order chi connectivity index (χ0) is 22.1. The normalized spacial score (nSPS) is 10.8. The number of amides is 1. The fourth-order valence-electron chi connectivity index (χ4n) is 3.00. The van der Waals surface area contributed by atoms with E-state index < -0.39 is 10.8 Å². The van der Waals surface area contributed by atoms with E-state index >= 15 is 0 Å². The number of nitro benzene ring substituents is 1. The predicted molar refractivity (Wildman–Crippen MR) is 116 cm³/mol. The quantitative estimate of drug-likeness (QED) is 0.362. The first kappa shape index (κ1) is 20.3. The molecule has 3 aromatic carbocycles. The molecular formula is C21H16ClN5O4. The maximum Gasteiger partial charge on any atom is 0.311 e. The lowest BCUT2D eigenvalue weighted by Gasteiger charge is -2.08.